The lowest BCUT2D eigenvalue weighted by atomic mass is 10.1. The Bertz CT molecular complexity index is 659. The summed E-state index contributed by atoms with van der Waals surface area (Å²) in [7, 11) is 0. The van der Waals surface area contributed by atoms with Crippen molar-refractivity contribution in [1.29, 1.82) is 0 Å². The van der Waals surface area contributed by atoms with Crippen molar-refractivity contribution in [2.45, 2.75) is 12.7 Å². The van der Waals surface area contributed by atoms with E-state index in [1.54, 1.807) is 18.2 Å². The molecule has 2 rings (SSSR count). The van der Waals surface area contributed by atoms with Gasteiger partial charge in [0.05, 0.1) is 10.6 Å². The van der Waals surface area contributed by atoms with Crippen molar-refractivity contribution >= 4 is 44.8 Å². The Balaban J connectivity index is 2.17. The van der Waals surface area contributed by atoms with Gasteiger partial charge < -0.3 is 5.32 Å². The molecule has 0 saturated heterocycles. The molecule has 0 aliphatic rings. The van der Waals surface area contributed by atoms with E-state index in [2.05, 4.69) is 21.2 Å². The minimum atomic E-state index is -4.48. The largest absolute Gasteiger partial charge is 0.417 e. The maximum Gasteiger partial charge on any atom is 0.417 e. The molecule has 0 saturated carbocycles. The summed E-state index contributed by atoms with van der Waals surface area (Å²) in [5.74, 6) is 0. The highest BCUT2D eigenvalue weighted by molar-refractivity contribution is 9.10. The molecule has 2 aromatic carbocycles. The van der Waals surface area contributed by atoms with Gasteiger partial charge in [-0.05, 0) is 35.9 Å². The number of alkyl halides is 3. The molecule has 0 fully saturated rings. The Morgan fingerprint density at radius 1 is 1.05 bits per heavy atom. The molecule has 0 heterocycles. The lowest BCUT2D eigenvalue weighted by Gasteiger charge is -2.13. The molecule has 0 bridgehead atoms. The topological polar surface area (TPSA) is 12.0 Å². The second-order valence-electron chi connectivity index (χ2n) is 4.28. The van der Waals surface area contributed by atoms with Gasteiger partial charge in [-0.25, -0.2) is 0 Å². The Morgan fingerprint density at radius 3 is 2.38 bits per heavy atom. The third-order valence-electron chi connectivity index (χ3n) is 2.77. The van der Waals surface area contributed by atoms with Gasteiger partial charge in [-0.15, -0.1) is 0 Å². The predicted octanol–water partition coefficient (Wildman–Crippen LogP) is 6.39. The zero-order chi connectivity index (χ0) is 15.6. The fraction of sp³-hybridized carbons (Fsp3) is 0.143. The Morgan fingerprint density at radius 2 is 1.76 bits per heavy atom. The van der Waals surface area contributed by atoms with E-state index >= 15 is 0 Å². The molecular formula is C14H9BrCl2F3N. The van der Waals surface area contributed by atoms with Crippen LogP contribution in [-0.2, 0) is 12.7 Å². The molecule has 2 aromatic rings. The van der Waals surface area contributed by atoms with Crippen LogP contribution in [0.4, 0.5) is 18.9 Å². The number of halogens is 6. The Kier molecular flexibility index (Phi) is 5.07. The van der Waals surface area contributed by atoms with E-state index in [4.69, 9.17) is 23.2 Å². The average molecular weight is 399 g/mol. The van der Waals surface area contributed by atoms with Crippen LogP contribution in [0.5, 0.6) is 0 Å². The highest BCUT2D eigenvalue weighted by Crippen LogP contribution is 2.36. The molecule has 112 valence electrons. The highest BCUT2D eigenvalue weighted by atomic mass is 79.9. The van der Waals surface area contributed by atoms with Crippen LogP contribution in [0.15, 0.2) is 40.9 Å². The minimum absolute atomic E-state index is 0.319. The summed E-state index contributed by atoms with van der Waals surface area (Å²) in [5, 5.41) is 3.19. The van der Waals surface area contributed by atoms with Crippen LogP contribution in [0.25, 0.3) is 0 Å². The monoisotopic (exact) mass is 397 g/mol. The zero-order valence-electron chi connectivity index (χ0n) is 10.4. The SMILES string of the molecule is FC(F)(F)c1cc(NCc2ccc(Cl)cc2Br)ccc1Cl. The van der Waals surface area contributed by atoms with Crippen molar-refractivity contribution < 1.29 is 13.2 Å². The Hall–Kier alpha value is -0.910. The predicted molar refractivity (Wildman–Crippen MR) is 82.9 cm³/mol. The van der Waals surface area contributed by atoms with Crippen LogP contribution in [-0.4, -0.2) is 0 Å². The third-order valence-corrected chi connectivity index (χ3v) is 4.07. The zero-order valence-corrected chi connectivity index (χ0v) is 13.5. The molecule has 0 amide bonds. The highest BCUT2D eigenvalue weighted by Gasteiger charge is 2.33. The number of anilines is 1. The molecule has 0 atom stereocenters. The van der Waals surface area contributed by atoms with E-state index in [9.17, 15) is 13.2 Å². The fourth-order valence-corrected chi connectivity index (χ4v) is 2.76. The van der Waals surface area contributed by atoms with E-state index < -0.39 is 11.7 Å². The number of benzene rings is 2. The van der Waals surface area contributed by atoms with E-state index in [0.717, 1.165) is 16.1 Å². The van der Waals surface area contributed by atoms with Gasteiger partial charge in [-0.1, -0.05) is 45.2 Å². The number of hydrogen-bond acceptors (Lipinski definition) is 1. The van der Waals surface area contributed by atoms with Crippen LogP contribution in [0.1, 0.15) is 11.1 Å². The van der Waals surface area contributed by atoms with Crippen LogP contribution in [0.2, 0.25) is 10.0 Å². The summed E-state index contributed by atoms with van der Waals surface area (Å²) in [6.45, 7) is 0.358. The van der Waals surface area contributed by atoms with E-state index in [1.165, 1.54) is 12.1 Å². The van der Waals surface area contributed by atoms with Crippen LogP contribution in [0.3, 0.4) is 0 Å². The molecule has 0 unspecified atom stereocenters. The first-order valence-electron chi connectivity index (χ1n) is 5.82. The van der Waals surface area contributed by atoms with Crippen molar-refractivity contribution in [3.8, 4) is 0 Å². The molecule has 0 aromatic heterocycles. The smallest absolute Gasteiger partial charge is 0.381 e. The van der Waals surface area contributed by atoms with E-state index in [-0.39, 0.29) is 5.02 Å². The summed E-state index contributed by atoms with van der Waals surface area (Å²) in [6.07, 6.45) is -4.48. The van der Waals surface area contributed by atoms with Crippen LogP contribution in [0, 0.1) is 0 Å². The molecule has 21 heavy (non-hydrogen) atoms. The van der Waals surface area contributed by atoms with Crippen molar-refractivity contribution in [2.24, 2.45) is 0 Å². The summed E-state index contributed by atoms with van der Waals surface area (Å²) in [5.41, 5.74) is 0.362. The second kappa shape index (κ2) is 6.46. The lowest BCUT2D eigenvalue weighted by molar-refractivity contribution is -0.137. The summed E-state index contributed by atoms with van der Waals surface area (Å²) < 4.78 is 39.1. The molecule has 7 heteroatoms. The average Bonchev–Trinajstić information content (AvgIpc) is 2.38. The first-order valence-corrected chi connectivity index (χ1v) is 7.37. The van der Waals surface area contributed by atoms with Crippen LogP contribution < -0.4 is 5.32 Å². The van der Waals surface area contributed by atoms with E-state index in [0.29, 0.717) is 17.3 Å². The van der Waals surface area contributed by atoms with Gasteiger partial charge in [0, 0.05) is 21.7 Å². The summed E-state index contributed by atoms with van der Waals surface area (Å²) >= 11 is 14.8. The molecule has 1 N–H and O–H groups in total. The second-order valence-corrected chi connectivity index (χ2v) is 5.98. The minimum Gasteiger partial charge on any atom is -0.381 e. The number of rotatable bonds is 3. The molecule has 0 aliphatic carbocycles. The van der Waals surface area contributed by atoms with Crippen molar-refractivity contribution in [3.05, 3.63) is 62.0 Å². The van der Waals surface area contributed by atoms with Gasteiger partial charge in [-0.3, -0.25) is 0 Å². The summed E-state index contributed by atoms with van der Waals surface area (Å²) in [4.78, 5) is 0. The van der Waals surface area contributed by atoms with Crippen molar-refractivity contribution in [1.82, 2.24) is 0 Å². The first kappa shape index (κ1) is 16.5. The van der Waals surface area contributed by atoms with Gasteiger partial charge in [-0.2, -0.15) is 13.2 Å². The quantitative estimate of drug-likeness (QED) is 0.631. The van der Waals surface area contributed by atoms with Crippen LogP contribution >= 0.6 is 39.1 Å². The number of hydrogen-bond donors (Lipinski definition) is 1. The van der Waals surface area contributed by atoms with Gasteiger partial charge in [0.1, 0.15) is 0 Å². The molecule has 0 spiro atoms. The van der Waals surface area contributed by atoms with Crippen molar-refractivity contribution in [3.63, 3.8) is 0 Å². The van der Waals surface area contributed by atoms with Gasteiger partial charge in [0.2, 0.25) is 0 Å². The Labute approximate surface area is 138 Å². The molecule has 0 radical (unpaired) electrons. The molecule has 0 aliphatic heterocycles. The fourth-order valence-electron chi connectivity index (χ4n) is 1.71. The van der Waals surface area contributed by atoms with Gasteiger partial charge >= 0.3 is 6.18 Å². The maximum atomic E-state index is 12.8. The maximum absolute atomic E-state index is 12.8. The standard InChI is InChI=1S/C14H9BrCl2F3N/c15-12-5-9(16)2-1-8(12)7-21-10-3-4-13(17)11(6-10)14(18,19)20/h1-6,21H,7H2. The van der Waals surface area contributed by atoms with E-state index in [1.807, 2.05) is 0 Å². The first-order chi connectivity index (χ1) is 9.77. The van der Waals surface area contributed by atoms with Crippen molar-refractivity contribution in [2.75, 3.05) is 5.32 Å². The molecule has 1 nitrogen and oxygen atoms in total. The normalized spacial score (nSPS) is 11.5. The number of nitrogens with one attached hydrogen (secondary N) is 1. The summed E-state index contributed by atoms with van der Waals surface area (Å²) in [6, 6.07) is 8.95. The lowest BCUT2D eigenvalue weighted by Crippen LogP contribution is -2.07. The van der Waals surface area contributed by atoms with Gasteiger partial charge in [0.25, 0.3) is 0 Å². The molecular weight excluding hydrogens is 390 g/mol. The van der Waals surface area contributed by atoms with Gasteiger partial charge in [0.15, 0.2) is 0 Å². The third kappa shape index (κ3) is 4.28.